The number of nitrogens with zero attached hydrogens (tertiary/aromatic N) is 1. The predicted octanol–water partition coefficient (Wildman–Crippen LogP) is 1.33. The van der Waals surface area contributed by atoms with Crippen molar-refractivity contribution in [3.05, 3.63) is 28.8 Å². The lowest BCUT2D eigenvalue weighted by Gasteiger charge is -2.38. The number of β-amino-alcohol motifs (C(OH)–C–C–N with tert-alkyl or cyclic N) is 1. The van der Waals surface area contributed by atoms with Gasteiger partial charge in [0.15, 0.2) is 6.29 Å². The maximum atomic E-state index is 10.8. The van der Waals surface area contributed by atoms with Crippen molar-refractivity contribution in [1.29, 1.82) is 0 Å². The summed E-state index contributed by atoms with van der Waals surface area (Å²) in [6.45, 7) is 1.09. The first-order chi connectivity index (χ1) is 6.72. The van der Waals surface area contributed by atoms with Crippen LogP contribution in [0.15, 0.2) is 18.2 Å². The normalized spacial score (nSPS) is 16.6. The Hall–Kier alpha value is -1.06. The molecule has 74 valence electrons. The van der Waals surface area contributed by atoms with E-state index < -0.39 is 0 Å². The third kappa shape index (κ3) is 1.49. The lowest BCUT2D eigenvalue weighted by molar-refractivity contribution is 0.112. The Balaban J connectivity index is 2.35. The number of carbonyl (C=O) groups excluding carboxylic acids is 1. The molecular weight excluding hydrogens is 202 g/mol. The van der Waals surface area contributed by atoms with Crippen LogP contribution in [0.2, 0.25) is 5.02 Å². The molecule has 1 aliphatic rings. The number of anilines is 1. The topological polar surface area (TPSA) is 40.5 Å². The number of aliphatic hydroxyl groups excluding tert-OH is 1. The van der Waals surface area contributed by atoms with E-state index in [2.05, 4.69) is 0 Å². The van der Waals surface area contributed by atoms with Gasteiger partial charge in [0, 0.05) is 18.7 Å². The zero-order valence-electron chi connectivity index (χ0n) is 7.48. The fourth-order valence-electron chi connectivity index (χ4n) is 1.60. The average molecular weight is 212 g/mol. The molecule has 1 heterocycles. The fourth-order valence-corrected chi connectivity index (χ4v) is 1.90. The highest BCUT2D eigenvalue weighted by atomic mass is 35.5. The van der Waals surface area contributed by atoms with Gasteiger partial charge in [-0.1, -0.05) is 17.7 Å². The molecule has 0 saturated carbocycles. The first kappa shape index (κ1) is 9.49. The van der Waals surface area contributed by atoms with Gasteiger partial charge in [-0.05, 0) is 12.1 Å². The van der Waals surface area contributed by atoms with E-state index in [4.69, 9.17) is 16.7 Å². The summed E-state index contributed by atoms with van der Waals surface area (Å²) in [7, 11) is 0. The van der Waals surface area contributed by atoms with Crippen LogP contribution in [0.5, 0.6) is 0 Å². The molecule has 1 saturated heterocycles. The van der Waals surface area contributed by atoms with E-state index in [-0.39, 0.29) is 6.10 Å². The molecule has 14 heavy (non-hydrogen) atoms. The van der Waals surface area contributed by atoms with E-state index in [9.17, 15) is 4.79 Å². The maximum absolute atomic E-state index is 10.8. The Morgan fingerprint density at radius 1 is 1.50 bits per heavy atom. The second-order valence-corrected chi connectivity index (χ2v) is 3.76. The molecule has 3 nitrogen and oxygen atoms in total. The molecule has 1 aromatic rings. The second-order valence-electron chi connectivity index (χ2n) is 3.35. The minimum atomic E-state index is -0.300. The van der Waals surface area contributed by atoms with Crippen molar-refractivity contribution in [3.8, 4) is 0 Å². The number of hydrogen-bond acceptors (Lipinski definition) is 3. The number of carbonyl (C=O) groups is 1. The first-order valence-electron chi connectivity index (χ1n) is 4.39. The van der Waals surface area contributed by atoms with Crippen molar-refractivity contribution in [2.75, 3.05) is 18.0 Å². The standard InChI is InChI=1S/C10H10ClNO2/c11-9-3-1-2-7(6-13)10(9)12-4-8(14)5-12/h1-3,6,8,14H,4-5H2. The smallest absolute Gasteiger partial charge is 0.152 e. The highest BCUT2D eigenvalue weighted by Crippen LogP contribution is 2.31. The largest absolute Gasteiger partial charge is 0.389 e. The zero-order chi connectivity index (χ0) is 10.1. The van der Waals surface area contributed by atoms with E-state index in [1.165, 1.54) is 0 Å². The summed E-state index contributed by atoms with van der Waals surface area (Å²) >= 11 is 5.98. The Morgan fingerprint density at radius 3 is 2.79 bits per heavy atom. The summed E-state index contributed by atoms with van der Waals surface area (Å²) in [5.41, 5.74) is 1.30. The van der Waals surface area contributed by atoms with Crippen LogP contribution in [0.3, 0.4) is 0 Å². The van der Waals surface area contributed by atoms with Gasteiger partial charge in [0.2, 0.25) is 0 Å². The van der Waals surface area contributed by atoms with E-state index in [0.717, 1.165) is 12.0 Å². The molecule has 0 aromatic heterocycles. The lowest BCUT2D eigenvalue weighted by Crippen LogP contribution is -2.51. The van der Waals surface area contributed by atoms with E-state index in [1.807, 2.05) is 4.90 Å². The summed E-state index contributed by atoms with van der Waals surface area (Å²) in [6.07, 6.45) is 0.483. The summed E-state index contributed by atoms with van der Waals surface area (Å²) < 4.78 is 0. The number of hydrogen-bond donors (Lipinski definition) is 1. The third-order valence-electron chi connectivity index (χ3n) is 2.32. The number of para-hydroxylation sites is 1. The molecule has 4 heteroatoms. The predicted molar refractivity (Wildman–Crippen MR) is 55.1 cm³/mol. The van der Waals surface area contributed by atoms with Crippen LogP contribution in [-0.2, 0) is 0 Å². The van der Waals surface area contributed by atoms with Gasteiger partial charge >= 0.3 is 0 Å². The summed E-state index contributed by atoms with van der Waals surface area (Å²) in [5, 5.41) is 9.72. The third-order valence-corrected chi connectivity index (χ3v) is 2.63. The molecule has 1 aliphatic heterocycles. The Labute approximate surface area is 86.9 Å². The Morgan fingerprint density at radius 2 is 2.21 bits per heavy atom. The van der Waals surface area contributed by atoms with Gasteiger partial charge in [0.1, 0.15) is 0 Å². The lowest BCUT2D eigenvalue weighted by atomic mass is 10.1. The van der Waals surface area contributed by atoms with E-state index in [0.29, 0.717) is 23.7 Å². The van der Waals surface area contributed by atoms with Gasteiger partial charge < -0.3 is 10.0 Å². The van der Waals surface area contributed by atoms with E-state index >= 15 is 0 Å². The molecule has 0 unspecified atom stereocenters. The number of rotatable bonds is 2. The van der Waals surface area contributed by atoms with Crippen LogP contribution in [0.1, 0.15) is 10.4 Å². The second kappa shape index (κ2) is 3.59. The van der Waals surface area contributed by atoms with Crippen molar-refractivity contribution in [2.45, 2.75) is 6.10 Å². The van der Waals surface area contributed by atoms with Crippen molar-refractivity contribution in [2.24, 2.45) is 0 Å². The zero-order valence-corrected chi connectivity index (χ0v) is 8.24. The number of aldehydes is 1. The van der Waals surface area contributed by atoms with Gasteiger partial charge in [-0.15, -0.1) is 0 Å². The van der Waals surface area contributed by atoms with Gasteiger partial charge in [0.25, 0.3) is 0 Å². The van der Waals surface area contributed by atoms with Gasteiger partial charge in [0.05, 0.1) is 16.8 Å². The summed E-state index contributed by atoms with van der Waals surface area (Å²) in [6, 6.07) is 5.21. The molecule has 1 aromatic carbocycles. The molecule has 0 bridgehead atoms. The molecule has 0 radical (unpaired) electrons. The van der Waals surface area contributed by atoms with Crippen molar-refractivity contribution in [3.63, 3.8) is 0 Å². The molecular formula is C10H10ClNO2. The van der Waals surface area contributed by atoms with Crippen molar-refractivity contribution < 1.29 is 9.90 Å². The van der Waals surface area contributed by atoms with Crippen molar-refractivity contribution >= 4 is 23.6 Å². The molecule has 1 N–H and O–H groups in total. The van der Waals surface area contributed by atoms with Crippen molar-refractivity contribution in [1.82, 2.24) is 0 Å². The number of aliphatic hydroxyl groups is 1. The van der Waals surface area contributed by atoms with Crippen LogP contribution < -0.4 is 4.90 Å². The highest BCUT2D eigenvalue weighted by molar-refractivity contribution is 6.34. The average Bonchev–Trinajstić information content (AvgIpc) is 2.13. The van der Waals surface area contributed by atoms with Gasteiger partial charge in [-0.3, -0.25) is 4.79 Å². The first-order valence-corrected chi connectivity index (χ1v) is 4.77. The molecule has 1 fully saturated rings. The molecule has 0 atom stereocenters. The Kier molecular flexibility index (Phi) is 2.44. The molecule has 0 amide bonds. The summed E-state index contributed by atoms with van der Waals surface area (Å²) in [5.74, 6) is 0. The minimum Gasteiger partial charge on any atom is -0.389 e. The molecule has 0 spiro atoms. The van der Waals surface area contributed by atoms with Gasteiger partial charge in [-0.2, -0.15) is 0 Å². The Bertz CT molecular complexity index is 361. The van der Waals surface area contributed by atoms with Crippen LogP contribution in [0, 0.1) is 0 Å². The van der Waals surface area contributed by atoms with Gasteiger partial charge in [-0.25, -0.2) is 0 Å². The highest BCUT2D eigenvalue weighted by Gasteiger charge is 2.27. The quantitative estimate of drug-likeness (QED) is 0.751. The summed E-state index contributed by atoms with van der Waals surface area (Å²) in [4.78, 5) is 12.7. The van der Waals surface area contributed by atoms with Crippen LogP contribution >= 0.6 is 11.6 Å². The SMILES string of the molecule is O=Cc1cccc(Cl)c1N1CC(O)C1. The number of halogens is 1. The van der Waals surface area contributed by atoms with Crippen LogP contribution in [0.25, 0.3) is 0 Å². The minimum absolute atomic E-state index is 0.300. The van der Waals surface area contributed by atoms with E-state index in [1.54, 1.807) is 18.2 Å². The number of benzene rings is 1. The van der Waals surface area contributed by atoms with Crippen LogP contribution in [-0.4, -0.2) is 30.6 Å². The monoisotopic (exact) mass is 211 g/mol. The molecule has 2 rings (SSSR count). The maximum Gasteiger partial charge on any atom is 0.152 e. The molecule has 0 aliphatic carbocycles. The fraction of sp³-hybridized carbons (Fsp3) is 0.300. The van der Waals surface area contributed by atoms with Crippen LogP contribution in [0.4, 0.5) is 5.69 Å².